The van der Waals surface area contributed by atoms with Crippen molar-refractivity contribution < 1.29 is 5.11 Å². The van der Waals surface area contributed by atoms with Gasteiger partial charge in [-0.3, -0.25) is 0 Å². The first-order chi connectivity index (χ1) is 9.10. The van der Waals surface area contributed by atoms with Gasteiger partial charge in [0, 0.05) is 6.42 Å². The molecular formula is C16H16Cl2O. The molecule has 0 radical (unpaired) electrons. The molecule has 0 spiro atoms. The van der Waals surface area contributed by atoms with E-state index in [1.807, 2.05) is 24.3 Å². The van der Waals surface area contributed by atoms with Crippen LogP contribution in [0.15, 0.2) is 42.5 Å². The maximum Gasteiger partial charge on any atom is 0.0830 e. The van der Waals surface area contributed by atoms with Crippen molar-refractivity contribution in [1.82, 2.24) is 0 Å². The third kappa shape index (κ3) is 3.73. The van der Waals surface area contributed by atoms with E-state index in [4.69, 9.17) is 23.2 Å². The summed E-state index contributed by atoms with van der Waals surface area (Å²) in [5, 5.41) is 11.3. The average Bonchev–Trinajstić information content (AvgIpc) is 2.43. The van der Waals surface area contributed by atoms with Crippen LogP contribution in [0.2, 0.25) is 10.0 Å². The zero-order chi connectivity index (χ0) is 13.8. The van der Waals surface area contributed by atoms with Crippen LogP contribution in [-0.4, -0.2) is 5.11 Å². The van der Waals surface area contributed by atoms with E-state index in [0.29, 0.717) is 16.5 Å². The molecule has 0 aromatic heterocycles. The largest absolute Gasteiger partial charge is 0.388 e. The second kappa shape index (κ2) is 6.42. The van der Waals surface area contributed by atoms with E-state index < -0.39 is 6.10 Å². The van der Waals surface area contributed by atoms with Crippen LogP contribution in [0, 0.1) is 0 Å². The quantitative estimate of drug-likeness (QED) is 0.856. The molecule has 100 valence electrons. The van der Waals surface area contributed by atoms with Gasteiger partial charge in [-0.15, -0.1) is 0 Å². The average molecular weight is 295 g/mol. The van der Waals surface area contributed by atoms with Crippen LogP contribution in [0.3, 0.4) is 0 Å². The molecule has 0 aliphatic heterocycles. The third-order valence-corrected chi connectivity index (χ3v) is 3.90. The lowest BCUT2D eigenvalue weighted by Crippen LogP contribution is -2.02. The van der Waals surface area contributed by atoms with Crippen LogP contribution in [-0.2, 0) is 12.8 Å². The van der Waals surface area contributed by atoms with E-state index in [9.17, 15) is 5.11 Å². The highest BCUT2D eigenvalue weighted by atomic mass is 35.5. The van der Waals surface area contributed by atoms with Crippen LogP contribution in [0.1, 0.15) is 29.7 Å². The predicted octanol–water partition coefficient (Wildman–Crippen LogP) is 4.83. The summed E-state index contributed by atoms with van der Waals surface area (Å²) >= 11 is 11.9. The Morgan fingerprint density at radius 3 is 2.47 bits per heavy atom. The first kappa shape index (κ1) is 14.4. The molecule has 0 saturated heterocycles. The maximum absolute atomic E-state index is 10.3. The smallest absolute Gasteiger partial charge is 0.0830 e. The van der Waals surface area contributed by atoms with Gasteiger partial charge in [0.1, 0.15) is 0 Å². The van der Waals surface area contributed by atoms with E-state index in [0.717, 1.165) is 17.5 Å². The highest BCUT2D eigenvalue weighted by molar-refractivity contribution is 6.42. The molecule has 1 N–H and O–H groups in total. The minimum Gasteiger partial charge on any atom is -0.388 e. The zero-order valence-electron chi connectivity index (χ0n) is 10.7. The fraction of sp³-hybridized carbons (Fsp3) is 0.250. The molecule has 2 rings (SSSR count). The van der Waals surface area contributed by atoms with Gasteiger partial charge in [-0.05, 0) is 35.2 Å². The summed E-state index contributed by atoms with van der Waals surface area (Å²) in [4.78, 5) is 0. The molecule has 0 amide bonds. The van der Waals surface area contributed by atoms with Gasteiger partial charge in [-0.2, -0.15) is 0 Å². The normalized spacial score (nSPS) is 12.4. The minimum absolute atomic E-state index is 0.522. The third-order valence-electron chi connectivity index (χ3n) is 3.16. The van der Waals surface area contributed by atoms with Gasteiger partial charge >= 0.3 is 0 Å². The van der Waals surface area contributed by atoms with Gasteiger partial charge in [-0.1, -0.05) is 60.5 Å². The lowest BCUT2D eigenvalue weighted by molar-refractivity contribution is 0.178. The van der Waals surface area contributed by atoms with Crippen molar-refractivity contribution in [2.24, 2.45) is 0 Å². The number of aliphatic hydroxyl groups is 1. The van der Waals surface area contributed by atoms with Gasteiger partial charge in [0.2, 0.25) is 0 Å². The minimum atomic E-state index is -0.524. The van der Waals surface area contributed by atoms with E-state index in [2.05, 4.69) is 13.0 Å². The fourth-order valence-electron chi connectivity index (χ4n) is 2.03. The molecule has 2 aromatic rings. The Balaban J connectivity index is 2.15. The standard InChI is InChI=1S/C16H16Cl2O/c1-2-11-4-3-5-13(8-11)16(19)10-12-6-7-14(17)15(18)9-12/h3-9,16,19H,2,10H2,1H3. The molecular weight excluding hydrogens is 279 g/mol. The van der Waals surface area contributed by atoms with E-state index >= 15 is 0 Å². The highest BCUT2D eigenvalue weighted by Gasteiger charge is 2.10. The van der Waals surface area contributed by atoms with Crippen molar-refractivity contribution >= 4 is 23.2 Å². The van der Waals surface area contributed by atoms with Crippen LogP contribution >= 0.6 is 23.2 Å². The van der Waals surface area contributed by atoms with Crippen LogP contribution < -0.4 is 0 Å². The molecule has 0 saturated carbocycles. The molecule has 0 bridgehead atoms. The topological polar surface area (TPSA) is 20.2 Å². The Bertz CT molecular complexity index is 566. The first-order valence-corrected chi connectivity index (χ1v) is 7.06. The van der Waals surface area contributed by atoms with E-state index in [1.54, 1.807) is 12.1 Å². The summed E-state index contributed by atoms with van der Waals surface area (Å²) in [6, 6.07) is 13.5. The molecule has 3 heteroatoms. The second-order valence-corrected chi connectivity index (χ2v) is 5.38. The number of rotatable bonds is 4. The van der Waals surface area contributed by atoms with E-state index in [1.165, 1.54) is 5.56 Å². The Morgan fingerprint density at radius 1 is 1.00 bits per heavy atom. The summed E-state index contributed by atoms with van der Waals surface area (Å²) in [7, 11) is 0. The zero-order valence-corrected chi connectivity index (χ0v) is 12.2. The summed E-state index contributed by atoms with van der Waals surface area (Å²) < 4.78 is 0. The summed E-state index contributed by atoms with van der Waals surface area (Å²) in [5.74, 6) is 0. The Hall–Kier alpha value is -1.02. The summed E-state index contributed by atoms with van der Waals surface area (Å²) in [6.45, 7) is 2.10. The molecule has 0 aliphatic carbocycles. The molecule has 1 atom stereocenters. The molecule has 0 heterocycles. The number of hydrogen-bond donors (Lipinski definition) is 1. The van der Waals surface area contributed by atoms with Gasteiger partial charge < -0.3 is 5.11 Å². The van der Waals surface area contributed by atoms with Crippen molar-refractivity contribution in [2.45, 2.75) is 25.9 Å². The van der Waals surface area contributed by atoms with Crippen LogP contribution in [0.4, 0.5) is 0 Å². The Kier molecular flexibility index (Phi) is 4.87. The molecule has 0 aliphatic rings. The number of halogens is 2. The highest BCUT2D eigenvalue weighted by Crippen LogP contribution is 2.26. The van der Waals surface area contributed by atoms with Gasteiger partial charge in [-0.25, -0.2) is 0 Å². The van der Waals surface area contributed by atoms with Gasteiger partial charge in [0.15, 0.2) is 0 Å². The van der Waals surface area contributed by atoms with Crippen molar-refractivity contribution in [1.29, 1.82) is 0 Å². The fourth-order valence-corrected chi connectivity index (χ4v) is 2.35. The number of aliphatic hydroxyl groups excluding tert-OH is 1. The number of benzene rings is 2. The Morgan fingerprint density at radius 2 is 1.79 bits per heavy atom. The summed E-state index contributed by atoms with van der Waals surface area (Å²) in [5.41, 5.74) is 3.14. The van der Waals surface area contributed by atoms with Crippen molar-refractivity contribution in [3.63, 3.8) is 0 Å². The van der Waals surface area contributed by atoms with Crippen molar-refractivity contribution in [2.75, 3.05) is 0 Å². The summed E-state index contributed by atoms with van der Waals surface area (Å²) in [6.07, 6.45) is 0.973. The van der Waals surface area contributed by atoms with E-state index in [-0.39, 0.29) is 0 Å². The lowest BCUT2D eigenvalue weighted by atomic mass is 9.99. The molecule has 1 nitrogen and oxygen atoms in total. The molecule has 2 aromatic carbocycles. The first-order valence-electron chi connectivity index (χ1n) is 6.31. The number of aryl methyl sites for hydroxylation is 1. The lowest BCUT2D eigenvalue weighted by Gasteiger charge is -2.12. The number of hydrogen-bond acceptors (Lipinski definition) is 1. The molecule has 0 fully saturated rings. The Labute approximate surface area is 123 Å². The van der Waals surface area contributed by atoms with Gasteiger partial charge in [0.25, 0.3) is 0 Å². The SMILES string of the molecule is CCc1cccc(C(O)Cc2ccc(Cl)c(Cl)c2)c1. The predicted molar refractivity (Wildman–Crippen MR) is 80.9 cm³/mol. The van der Waals surface area contributed by atoms with Crippen LogP contribution in [0.25, 0.3) is 0 Å². The second-order valence-electron chi connectivity index (χ2n) is 4.57. The maximum atomic E-state index is 10.3. The molecule has 1 unspecified atom stereocenters. The molecule has 19 heavy (non-hydrogen) atoms. The van der Waals surface area contributed by atoms with Crippen molar-refractivity contribution in [3.05, 3.63) is 69.2 Å². The monoisotopic (exact) mass is 294 g/mol. The van der Waals surface area contributed by atoms with Gasteiger partial charge in [0.05, 0.1) is 16.1 Å². The van der Waals surface area contributed by atoms with Crippen molar-refractivity contribution in [3.8, 4) is 0 Å². The van der Waals surface area contributed by atoms with Crippen LogP contribution in [0.5, 0.6) is 0 Å².